The van der Waals surface area contributed by atoms with E-state index < -0.39 is 5.54 Å². The molecule has 3 aromatic rings. The van der Waals surface area contributed by atoms with Gasteiger partial charge in [0, 0.05) is 10.9 Å². The molecule has 1 aliphatic carbocycles. The van der Waals surface area contributed by atoms with Crippen molar-refractivity contribution in [3.8, 4) is 16.3 Å². The number of carbonyl (C=O) groups excluding carboxylic acids is 2. The summed E-state index contributed by atoms with van der Waals surface area (Å²) >= 11 is 1.50. The minimum atomic E-state index is -0.945. The first-order valence-corrected chi connectivity index (χ1v) is 11.4. The molecule has 3 amide bonds. The van der Waals surface area contributed by atoms with Gasteiger partial charge in [-0.25, -0.2) is 9.78 Å². The SMILES string of the molecule is CCOc1ccc(-c2nc(CN3C(=O)NC4(CCCc5ccccc54)C3=O)cs2)cc1. The molecular formula is C24H23N3O3S. The van der Waals surface area contributed by atoms with E-state index in [2.05, 4.69) is 10.3 Å². The van der Waals surface area contributed by atoms with Gasteiger partial charge in [0.2, 0.25) is 0 Å². The average molecular weight is 434 g/mol. The number of nitrogens with zero attached hydrogens (tertiary/aromatic N) is 2. The van der Waals surface area contributed by atoms with Gasteiger partial charge in [-0.1, -0.05) is 24.3 Å². The Morgan fingerprint density at radius 1 is 1.16 bits per heavy atom. The fraction of sp³-hybridized carbons (Fsp3) is 0.292. The lowest BCUT2D eigenvalue weighted by molar-refractivity contribution is -0.132. The highest BCUT2D eigenvalue weighted by Gasteiger charge is 2.53. The fourth-order valence-electron chi connectivity index (χ4n) is 4.49. The molecule has 0 radical (unpaired) electrons. The minimum absolute atomic E-state index is 0.169. The number of aryl methyl sites for hydroxylation is 1. The third kappa shape index (κ3) is 3.39. The highest BCUT2D eigenvalue weighted by atomic mass is 32.1. The van der Waals surface area contributed by atoms with Crippen molar-refractivity contribution in [1.82, 2.24) is 15.2 Å². The summed E-state index contributed by atoms with van der Waals surface area (Å²) in [5.74, 6) is 0.640. The van der Waals surface area contributed by atoms with E-state index in [1.807, 2.05) is 60.8 Å². The van der Waals surface area contributed by atoms with Gasteiger partial charge in [0.1, 0.15) is 16.3 Å². The van der Waals surface area contributed by atoms with Crippen LogP contribution >= 0.6 is 11.3 Å². The fourth-order valence-corrected chi connectivity index (χ4v) is 5.31. The number of hydrogen-bond donors (Lipinski definition) is 1. The molecule has 6 nitrogen and oxygen atoms in total. The number of imide groups is 1. The highest BCUT2D eigenvalue weighted by molar-refractivity contribution is 7.13. The second-order valence-electron chi connectivity index (χ2n) is 7.84. The third-order valence-electron chi connectivity index (χ3n) is 5.93. The third-order valence-corrected chi connectivity index (χ3v) is 6.88. The Bertz CT molecular complexity index is 1140. The van der Waals surface area contributed by atoms with E-state index in [4.69, 9.17) is 4.74 Å². The second-order valence-corrected chi connectivity index (χ2v) is 8.70. The number of nitrogens with one attached hydrogen (secondary N) is 1. The number of benzene rings is 2. The molecule has 2 aliphatic rings. The van der Waals surface area contributed by atoms with E-state index in [0.717, 1.165) is 40.3 Å². The van der Waals surface area contributed by atoms with E-state index in [0.29, 0.717) is 18.7 Å². The van der Waals surface area contributed by atoms with Gasteiger partial charge in [-0.2, -0.15) is 0 Å². The van der Waals surface area contributed by atoms with Crippen LogP contribution in [0, 0.1) is 0 Å². The smallest absolute Gasteiger partial charge is 0.325 e. The molecule has 1 atom stereocenters. The van der Waals surface area contributed by atoms with Crippen molar-refractivity contribution in [2.45, 2.75) is 38.3 Å². The number of aromatic nitrogens is 1. The summed E-state index contributed by atoms with van der Waals surface area (Å²) in [7, 11) is 0. The monoisotopic (exact) mass is 433 g/mol. The maximum Gasteiger partial charge on any atom is 0.325 e. The normalized spacial score (nSPS) is 20.1. The van der Waals surface area contributed by atoms with Crippen LogP contribution in [0.1, 0.15) is 36.6 Å². The van der Waals surface area contributed by atoms with E-state index >= 15 is 0 Å². The summed E-state index contributed by atoms with van der Waals surface area (Å²) < 4.78 is 5.49. The van der Waals surface area contributed by atoms with Crippen LogP contribution in [0.25, 0.3) is 10.6 Å². The van der Waals surface area contributed by atoms with E-state index in [-0.39, 0.29) is 18.5 Å². The number of rotatable bonds is 5. The molecule has 1 saturated heterocycles. The summed E-state index contributed by atoms with van der Waals surface area (Å²) in [5, 5.41) is 5.76. The summed E-state index contributed by atoms with van der Waals surface area (Å²) in [6.45, 7) is 2.74. The van der Waals surface area contributed by atoms with Crippen molar-refractivity contribution in [1.29, 1.82) is 0 Å². The predicted octanol–water partition coefficient (Wildman–Crippen LogP) is 4.49. The summed E-state index contributed by atoms with van der Waals surface area (Å²) in [4.78, 5) is 32.2. The van der Waals surface area contributed by atoms with Gasteiger partial charge in [-0.05, 0) is 61.6 Å². The minimum Gasteiger partial charge on any atom is -0.494 e. The van der Waals surface area contributed by atoms with Crippen molar-refractivity contribution in [3.63, 3.8) is 0 Å². The van der Waals surface area contributed by atoms with Crippen molar-refractivity contribution < 1.29 is 14.3 Å². The number of hydrogen-bond acceptors (Lipinski definition) is 5. The lowest BCUT2D eigenvalue weighted by Gasteiger charge is -2.33. The topological polar surface area (TPSA) is 71.5 Å². The lowest BCUT2D eigenvalue weighted by Crippen LogP contribution is -2.46. The Balaban J connectivity index is 1.37. The lowest BCUT2D eigenvalue weighted by atomic mass is 9.76. The van der Waals surface area contributed by atoms with Crippen molar-refractivity contribution in [3.05, 3.63) is 70.7 Å². The van der Waals surface area contributed by atoms with Crippen LogP contribution < -0.4 is 10.1 Å². The van der Waals surface area contributed by atoms with Crippen molar-refractivity contribution in [2.75, 3.05) is 6.61 Å². The van der Waals surface area contributed by atoms with Gasteiger partial charge >= 0.3 is 6.03 Å². The molecule has 1 spiro atoms. The zero-order valence-corrected chi connectivity index (χ0v) is 18.1. The maximum absolute atomic E-state index is 13.4. The van der Waals surface area contributed by atoms with Crippen LogP contribution in [0.15, 0.2) is 53.9 Å². The molecule has 1 aromatic heterocycles. The highest BCUT2D eigenvalue weighted by Crippen LogP contribution is 2.40. The molecule has 1 unspecified atom stereocenters. The zero-order valence-electron chi connectivity index (χ0n) is 17.3. The summed E-state index contributed by atoms with van der Waals surface area (Å²) in [6, 6.07) is 15.3. The Morgan fingerprint density at radius 2 is 1.97 bits per heavy atom. The van der Waals surface area contributed by atoms with Crippen LogP contribution in [-0.4, -0.2) is 28.4 Å². The molecule has 7 heteroatoms. The quantitative estimate of drug-likeness (QED) is 0.602. The first-order chi connectivity index (χ1) is 15.1. The second kappa shape index (κ2) is 7.81. The van der Waals surface area contributed by atoms with E-state index in [1.54, 1.807) is 0 Å². The molecule has 2 aromatic carbocycles. The maximum atomic E-state index is 13.4. The zero-order chi connectivity index (χ0) is 21.4. The van der Waals surface area contributed by atoms with Gasteiger partial charge in [0.05, 0.1) is 18.8 Å². The molecule has 158 valence electrons. The number of urea groups is 1. The van der Waals surface area contributed by atoms with E-state index in [9.17, 15) is 9.59 Å². The van der Waals surface area contributed by atoms with Gasteiger partial charge in [-0.15, -0.1) is 11.3 Å². The molecule has 0 bridgehead atoms. The van der Waals surface area contributed by atoms with Crippen LogP contribution in [0.2, 0.25) is 0 Å². The van der Waals surface area contributed by atoms with E-state index in [1.165, 1.54) is 16.2 Å². The van der Waals surface area contributed by atoms with Crippen molar-refractivity contribution >= 4 is 23.3 Å². The van der Waals surface area contributed by atoms with Crippen molar-refractivity contribution in [2.24, 2.45) is 0 Å². The number of ether oxygens (including phenoxy) is 1. The molecule has 1 N–H and O–H groups in total. The Morgan fingerprint density at radius 3 is 2.77 bits per heavy atom. The molecule has 1 fully saturated rings. The van der Waals surface area contributed by atoms with Gasteiger partial charge in [0.15, 0.2) is 0 Å². The van der Waals surface area contributed by atoms with Gasteiger partial charge in [-0.3, -0.25) is 9.69 Å². The molecule has 0 saturated carbocycles. The molecule has 5 rings (SSSR count). The molecule has 2 heterocycles. The van der Waals surface area contributed by atoms with Gasteiger partial charge < -0.3 is 10.1 Å². The van der Waals surface area contributed by atoms with Crippen LogP contribution in [-0.2, 0) is 23.3 Å². The Labute approximate surface area is 184 Å². The average Bonchev–Trinajstić information content (AvgIpc) is 3.34. The largest absolute Gasteiger partial charge is 0.494 e. The van der Waals surface area contributed by atoms with Crippen LogP contribution in [0.3, 0.4) is 0 Å². The predicted molar refractivity (Wildman–Crippen MR) is 119 cm³/mol. The Hall–Kier alpha value is -3.19. The number of carbonyl (C=O) groups is 2. The number of amides is 3. The molecule has 1 aliphatic heterocycles. The standard InChI is InChI=1S/C24H23N3O3S/c1-2-30-19-11-9-17(10-12-19)21-25-18(15-31-21)14-27-22(28)24(26-23(27)29)13-5-7-16-6-3-4-8-20(16)24/h3-4,6,8-12,15H,2,5,7,13-14H2,1H3,(H,26,29). The first-order valence-electron chi connectivity index (χ1n) is 10.5. The van der Waals surface area contributed by atoms with Crippen LogP contribution in [0.4, 0.5) is 4.79 Å². The summed E-state index contributed by atoms with van der Waals surface area (Å²) in [6.07, 6.45) is 2.42. The number of thiazole rings is 1. The number of fused-ring (bicyclic) bond motifs is 2. The Kier molecular flexibility index (Phi) is 4.98. The van der Waals surface area contributed by atoms with Gasteiger partial charge in [0.25, 0.3) is 5.91 Å². The molecule has 31 heavy (non-hydrogen) atoms. The molecular weight excluding hydrogens is 410 g/mol. The van der Waals surface area contributed by atoms with Crippen LogP contribution in [0.5, 0.6) is 5.75 Å². The summed E-state index contributed by atoms with van der Waals surface area (Å²) in [5.41, 5.74) is 2.80. The first kappa shape index (κ1) is 19.8.